The summed E-state index contributed by atoms with van der Waals surface area (Å²) >= 11 is -2.21. The molecule has 1 aromatic rings. The Morgan fingerprint density at radius 3 is 1.31 bits per heavy atom. The molecule has 0 atom stereocenters. The maximum absolute atomic E-state index is 5.01. The zero-order valence-corrected chi connectivity index (χ0v) is 26.6. The normalized spacial score (nSPS) is 10.8. The summed E-state index contributed by atoms with van der Waals surface area (Å²) in [5.74, 6) is 0. The zero-order valence-electron chi connectivity index (χ0n) is 21.4. The van der Waals surface area contributed by atoms with Crippen molar-refractivity contribution in [2.75, 3.05) is 14.1 Å². The van der Waals surface area contributed by atoms with Crippen molar-refractivity contribution in [2.24, 2.45) is 0 Å². The molecule has 0 saturated heterocycles. The van der Waals surface area contributed by atoms with Crippen molar-refractivity contribution in [1.82, 2.24) is 0 Å². The van der Waals surface area contributed by atoms with Crippen molar-refractivity contribution < 1.29 is 17.9 Å². The fourth-order valence-electron chi connectivity index (χ4n) is 4.22. The van der Waals surface area contributed by atoms with Crippen LogP contribution in [0, 0.1) is 0 Å². The molecule has 0 aromatic heterocycles. The quantitative estimate of drug-likeness (QED) is 0.127. The van der Waals surface area contributed by atoms with Crippen molar-refractivity contribution in [3.05, 3.63) is 35.4 Å². The number of rotatable bonds is 19. The molecule has 0 spiro atoms. The summed E-state index contributed by atoms with van der Waals surface area (Å²) in [4.78, 5) is 1.51. The number of quaternary nitrogens is 1. The summed E-state index contributed by atoms with van der Waals surface area (Å²) in [6, 6.07) is 9.05. The Balaban J connectivity index is 0.00000220. The van der Waals surface area contributed by atoms with Gasteiger partial charge >= 0.3 is 42.1 Å². The van der Waals surface area contributed by atoms with Crippen LogP contribution in [0.2, 0.25) is 0 Å². The zero-order chi connectivity index (χ0) is 23.9. The second-order valence-corrected chi connectivity index (χ2v) is 23.4. The van der Waals surface area contributed by atoms with E-state index in [1.165, 1.54) is 114 Å². The fraction of sp³-hybridized carbons (Fsp3) is 0.778. The van der Waals surface area contributed by atoms with Crippen LogP contribution >= 0.6 is 29.1 Å². The van der Waals surface area contributed by atoms with Gasteiger partial charge in [-0.15, -0.1) is 0 Å². The fourth-order valence-corrected chi connectivity index (χ4v) is 4.22. The molecule has 0 aliphatic heterocycles. The molecule has 186 valence electrons. The molecule has 0 heterocycles. The van der Waals surface area contributed by atoms with Gasteiger partial charge in [0.25, 0.3) is 0 Å². The van der Waals surface area contributed by atoms with Crippen molar-refractivity contribution in [1.29, 1.82) is 0 Å². The van der Waals surface area contributed by atoms with Crippen molar-refractivity contribution >= 4 is 29.1 Å². The van der Waals surface area contributed by atoms with E-state index in [0.717, 1.165) is 6.54 Å². The summed E-state index contributed by atoms with van der Waals surface area (Å²) in [7, 11) is 19.5. The molecule has 0 unspecified atom stereocenters. The Hall–Kier alpha value is 0.673. The third kappa shape index (κ3) is 23.8. The molecule has 0 aliphatic carbocycles. The molecule has 1 aromatic carbocycles. The molecule has 1 N–H and O–H groups in total. The van der Waals surface area contributed by atoms with E-state index in [2.05, 4.69) is 45.3 Å². The van der Waals surface area contributed by atoms with Crippen LogP contribution in [-0.4, -0.2) is 14.1 Å². The predicted octanol–water partition coefficient (Wildman–Crippen LogP) is 9.20. The molecule has 1 rings (SSSR count). The van der Waals surface area contributed by atoms with E-state index in [-0.39, 0.29) is 0 Å². The molecule has 0 amide bonds. The first-order valence-electron chi connectivity index (χ1n) is 13.4. The monoisotopic (exact) mass is 557 g/mol. The van der Waals surface area contributed by atoms with Crippen molar-refractivity contribution in [2.45, 2.75) is 123 Å². The van der Waals surface area contributed by atoms with Gasteiger partial charge in [0.2, 0.25) is 0 Å². The third-order valence-electron chi connectivity index (χ3n) is 5.96. The molecule has 0 aliphatic rings. The van der Waals surface area contributed by atoms with Gasteiger partial charge in [0, 0.05) is 5.56 Å². The Kier molecular flexibility index (Phi) is 25.3. The minimum atomic E-state index is -2.21. The van der Waals surface area contributed by atoms with Crippen LogP contribution in [0.3, 0.4) is 0 Å². The Bertz CT molecular complexity index is 509. The van der Waals surface area contributed by atoms with Crippen LogP contribution < -0.4 is 4.90 Å². The minimum absolute atomic E-state index is 1.15. The predicted molar refractivity (Wildman–Crippen MR) is 144 cm³/mol. The van der Waals surface area contributed by atoms with Gasteiger partial charge in [-0.05, 0) is 18.4 Å². The molecule has 0 bridgehead atoms. The summed E-state index contributed by atoms with van der Waals surface area (Å²) in [5.41, 5.74) is 3.12. The average Bonchev–Trinajstić information content (AvgIpc) is 2.74. The van der Waals surface area contributed by atoms with Crippen LogP contribution in [0.25, 0.3) is 0 Å². The first kappa shape index (κ1) is 32.7. The Labute approximate surface area is 218 Å². The number of benzene rings is 1. The number of hydrogen-bond donors (Lipinski definition) is 1. The van der Waals surface area contributed by atoms with Gasteiger partial charge in [0.15, 0.2) is 0 Å². The first-order valence-corrected chi connectivity index (χ1v) is 25.1. The van der Waals surface area contributed by atoms with Crippen molar-refractivity contribution in [3.63, 3.8) is 0 Å². The summed E-state index contributed by atoms with van der Waals surface area (Å²) < 4.78 is 0. The molecule has 32 heavy (non-hydrogen) atoms. The van der Waals surface area contributed by atoms with Gasteiger partial charge in [0.05, 0.1) is 14.1 Å². The van der Waals surface area contributed by atoms with Crippen LogP contribution in [0.15, 0.2) is 24.3 Å². The van der Waals surface area contributed by atoms with Gasteiger partial charge in [-0.25, -0.2) is 0 Å². The van der Waals surface area contributed by atoms with E-state index in [9.17, 15) is 0 Å². The van der Waals surface area contributed by atoms with Gasteiger partial charge in [-0.2, -0.15) is 0 Å². The third-order valence-corrected chi connectivity index (χ3v) is 5.96. The van der Waals surface area contributed by atoms with Gasteiger partial charge in [-0.1, -0.05) is 128 Å². The second kappa shape index (κ2) is 24.8. The molecular formula is C27H50Cl3NZn. The molecular weight excluding hydrogens is 510 g/mol. The maximum atomic E-state index is 5.01. The molecule has 1 nitrogen and oxygen atoms in total. The van der Waals surface area contributed by atoms with Crippen LogP contribution in [-0.2, 0) is 25.9 Å². The van der Waals surface area contributed by atoms with Crippen LogP contribution in [0.5, 0.6) is 0 Å². The van der Waals surface area contributed by atoms with Gasteiger partial charge in [0.1, 0.15) is 6.54 Å². The Morgan fingerprint density at radius 1 is 0.594 bits per heavy atom. The number of aryl methyl sites for hydroxylation is 1. The SMILES string of the molecule is CCCCCCCCCCCCCCCCCCc1ccccc1C[NH+](C)C.[Cl][Zn-]([Cl])[Cl]. The van der Waals surface area contributed by atoms with E-state index in [4.69, 9.17) is 29.1 Å². The molecule has 0 fully saturated rings. The molecule has 0 saturated carbocycles. The number of unbranched alkanes of at least 4 members (excludes halogenated alkanes) is 15. The van der Waals surface area contributed by atoms with E-state index >= 15 is 0 Å². The van der Waals surface area contributed by atoms with E-state index in [1.807, 2.05) is 0 Å². The van der Waals surface area contributed by atoms with Gasteiger partial charge in [-0.3, -0.25) is 0 Å². The van der Waals surface area contributed by atoms with Crippen LogP contribution in [0.4, 0.5) is 0 Å². The second-order valence-electron chi connectivity index (χ2n) is 9.51. The van der Waals surface area contributed by atoms with Crippen molar-refractivity contribution in [3.8, 4) is 0 Å². The summed E-state index contributed by atoms with van der Waals surface area (Å²) in [5, 5.41) is 0. The number of nitrogens with one attached hydrogen (secondary N) is 1. The molecule has 0 radical (unpaired) electrons. The van der Waals surface area contributed by atoms with E-state index in [1.54, 1.807) is 11.1 Å². The van der Waals surface area contributed by atoms with E-state index < -0.39 is 13.0 Å². The topological polar surface area (TPSA) is 4.44 Å². The van der Waals surface area contributed by atoms with Crippen LogP contribution in [0.1, 0.15) is 121 Å². The molecule has 5 heteroatoms. The summed E-state index contributed by atoms with van der Waals surface area (Å²) in [6.07, 6.45) is 24.4. The van der Waals surface area contributed by atoms with E-state index in [0.29, 0.717) is 0 Å². The first-order chi connectivity index (χ1) is 15.5. The summed E-state index contributed by atoms with van der Waals surface area (Å²) in [6.45, 7) is 3.45. The van der Waals surface area contributed by atoms with Gasteiger partial charge < -0.3 is 4.90 Å². The average molecular weight is 560 g/mol. The standard InChI is InChI=1S/C27H49N.3ClH.Zn/c1-4-5-6-7-8-9-10-11-12-13-14-15-16-17-18-19-22-26-23-20-21-24-27(26)25-28(2)3;;;;/h20-21,23-24H,4-19,22,25H2,1-3H3;3*1H;/q;;;;+2/p-2. The number of halogens is 3. The Morgan fingerprint density at radius 2 is 0.938 bits per heavy atom. The number of hydrogen-bond acceptors (Lipinski definition) is 0.